The van der Waals surface area contributed by atoms with Gasteiger partial charge in [0.2, 0.25) is 0 Å². The molecule has 0 N–H and O–H groups in total. The SMILES string of the molecule is COCCOC(=O)N(C)SN(C)C(=O)F. The summed E-state index contributed by atoms with van der Waals surface area (Å²) in [6.45, 7) is 0.385. The Bertz CT molecular complexity index is 229. The third-order valence-electron chi connectivity index (χ3n) is 1.26. The molecule has 0 aromatic rings. The molecular weight excluding hydrogens is 227 g/mol. The highest BCUT2D eigenvalue weighted by Gasteiger charge is 2.16. The lowest BCUT2D eigenvalue weighted by molar-refractivity contribution is 0.0901. The average molecular weight is 240 g/mol. The summed E-state index contributed by atoms with van der Waals surface area (Å²) in [6.07, 6.45) is -2.32. The largest absolute Gasteiger partial charge is 0.446 e. The quantitative estimate of drug-likeness (QED) is 0.313. The monoisotopic (exact) mass is 240 g/mol. The van der Waals surface area contributed by atoms with Crippen LogP contribution in [0.5, 0.6) is 0 Å². The molecular formula is C7H13FN2O4S. The number of hydrogen-bond donors (Lipinski definition) is 0. The van der Waals surface area contributed by atoms with Gasteiger partial charge in [-0.25, -0.2) is 18.2 Å². The van der Waals surface area contributed by atoms with E-state index in [1.54, 1.807) is 0 Å². The molecule has 0 aromatic carbocycles. The van der Waals surface area contributed by atoms with Crippen LogP contribution < -0.4 is 0 Å². The van der Waals surface area contributed by atoms with Gasteiger partial charge in [0.15, 0.2) is 0 Å². The highest BCUT2D eigenvalue weighted by Crippen LogP contribution is 2.13. The van der Waals surface area contributed by atoms with Gasteiger partial charge in [-0.1, -0.05) is 0 Å². The molecule has 0 radical (unpaired) electrons. The zero-order chi connectivity index (χ0) is 11.8. The zero-order valence-corrected chi connectivity index (χ0v) is 9.54. The second-order valence-electron chi connectivity index (χ2n) is 2.44. The lowest BCUT2D eigenvalue weighted by atomic mass is 10.8. The third-order valence-corrected chi connectivity index (χ3v) is 2.05. The Labute approximate surface area is 91.6 Å². The van der Waals surface area contributed by atoms with Gasteiger partial charge in [0.25, 0.3) is 0 Å². The molecule has 0 aromatic heterocycles. The van der Waals surface area contributed by atoms with Gasteiger partial charge in [-0.05, 0) is 0 Å². The van der Waals surface area contributed by atoms with Gasteiger partial charge in [-0.15, -0.1) is 4.39 Å². The molecule has 2 amide bonds. The van der Waals surface area contributed by atoms with E-state index in [1.807, 2.05) is 0 Å². The van der Waals surface area contributed by atoms with Gasteiger partial charge in [-0.3, -0.25) is 0 Å². The van der Waals surface area contributed by atoms with Gasteiger partial charge in [-0.2, -0.15) is 0 Å². The van der Waals surface area contributed by atoms with Gasteiger partial charge < -0.3 is 9.47 Å². The minimum Gasteiger partial charge on any atom is -0.446 e. The Morgan fingerprint density at radius 3 is 2.33 bits per heavy atom. The molecule has 0 heterocycles. The van der Waals surface area contributed by atoms with Gasteiger partial charge in [0, 0.05) is 21.2 Å². The molecule has 6 nitrogen and oxygen atoms in total. The fourth-order valence-electron chi connectivity index (χ4n) is 0.552. The number of rotatable bonds is 5. The lowest BCUT2D eigenvalue weighted by Gasteiger charge is -2.19. The summed E-state index contributed by atoms with van der Waals surface area (Å²) in [6, 6.07) is 0. The first-order chi connectivity index (χ1) is 6.99. The summed E-state index contributed by atoms with van der Waals surface area (Å²) in [5.74, 6) is 0. The summed E-state index contributed by atoms with van der Waals surface area (Å²) >= 11 is 0.601. The van der Waals surface area contributed by atoms with Crippen LogP contribution in [0.4, 0.5) is 14.0 Å². The maximum atomic E-state index is 12.1. The summed E-state index contributed by atoms with van der Waals surface area (Å²) in [4.78, 5) is 21.3. The Hall–Kier alpha value is -1.02. The van der Waals surface area contributed by atoms with Crippen molar-refractivity contribution in [1.82, 2.24) is 8.61 Å². The van der Waals surface area contributed by atoms with Crippen molar-refractivity contribution < 1.29 is 23.5 Å². The first kappa shape index (κ1) is 14.0. The number of amides is 2. The van der Waals surface area contributed by atoms with Crippen LogP contribution in [-0.2, 0) is 9.47 Å². The van der Waals surface area contributed by atoms with E-state index in [9.17, 15) is 14.0 Å². The number of ether oxygens (including phenoxy) is 2. The van der Waals surface area contributed by atoms with Gasteiger partial charge in [0.1, 0.15) is 6.61 Å². The molecule has 15 heavy (non-hydrogen) atoms. The van der Waals surface area contributed by atoms with Crippen molar-refractivity contribution in [2.24, 2.45) is 0 Å². The third kappa shape index (κ3) is 6.13. The molecule has 0 fully saturated rings. The number of hydrogen-bond acceptors (Lipinski definition) is 5. The maximum Gasteiger partial charge on any atom is 0.421 e. The van der Waals surface area contributed by atoms with Crippen molar-refractivity contribution in [1.29, 1.82) is 0 Å². The molecule has 0 saturated heterocycles. The van der Waals surface area contributed by atoms with Crippen molar-refractivity contribution in [3.05, 3.63) is 0 Å². The Kier molecular flexibility index (Phi) is 6.80. The van der Waals surface area contributed by atoms with Gasteiger partial charge in [0.05, 0.1) is 18.7 Å². The van der Waals surface area contributed by atoms with E-state index in [1.165, 1.54) is 21.2 Å². The number of carbonyl (C=O) groups excluding carboxylic acids is 2. The minimum absolute atomic E-state index is 0.105. The minimum atomic E-state index is -1.64. The van der Waals surface area contributed by atoms with Crippen LogP contribution in [0, 0.1) is 0 Å². The van der Waals surface area contributed by atoms with Crippen LogP contribution in [0.25, 0.3) is 0 Å². The predicted octanol–water partition coefficient (Wildman–Crippen LogP) is 1.29. The van der Waals surface area contributed by atoms with E-state index in [-0.39, 0.29) is 13.2 Å². The molecule has 0 aliphatic rings. The van der Waals surface area contributed by atoms with Crippen LogP contribution in [0.1, 0.15) is 0 Å². The summed E-state index contributed by atoms with van der Waals surface area (Å²) < 4.78 is 23.1. The second kappa shape index (κ2) is 7.30. The number of halogens is 1. The van der Waals surface area contributed by atoms with Crippen molar-refractivity contribution >= 4 is 24.4 Å². The first-order valence-electron chi connectivity index (χ1n) is 3.99. The van der Waals surface area contributed by atoms with Crippen LogP contribution >= 0.6 is 12.1 Å². The van der Waals surface area contributed by atoms with Crippen molar-refractivity contribution in [3.8, 4) is 0 Å². The predicted molar refractivity (Wildman–Crippen MR) is 52.8 cm³/mol. The molecule has 0 saturated carbocycles. The summed E-state index contributed by atoms with van der Waals surface area (Å²) in [5, 5.41) is 0. The zero-order valence-electron chi connectivity index (χ0n) is 8.73. The fraction of sp³-hybridized carbons (Fsp3) is 0.714. The Morgan fingerprint density at radius 2 is 1.87 bits per heavy atom. The molecule has 0 aliphatic carbocycles. The topological polar surface area (TPSA) is 59.1 Å². The highest BCUT2D eigenvalue weighted by atomic mass is 32.2. The summed E-state index contributed by atoms with van der Waals surface area (Å²) in [7, 11) is 4.03. The van der Waals surface area contributed by atoms with Gasteiger partial charge >= 0.3 is 12.3 Å². The smallest absolute Gasteiger partial charge is 0.421 e. The molecule has 0 rings (SSSR count). The maximum absolute atomic E-state index is 12.1. The standard InChI is InChI=1S/C7H13FN2O4S/c1-9(6(8)11)15-10(2)7(12)14-5-4-13-3/h4-5H2,1-3H3. The van der Waals surface area contributed by atoms with E-state index in [0.717, 1.165) is 4.31 Å². The lowest BCUT2D eigenvalue weighted by Crippen LogP contribution is -2.28. The van der Waals surface area contributed by atoms with Crippen LogP contribution in [-0.4, -0.2) is 55.3 Å². The highest BCUT2D eigenvalue weighted by molar-refractivity contribution is 7.95. The average Bonchev–Trinajstić information content (AvgIpc) is 2.17. The first-order valence-corrected chi connectivity index (χ1v) is 4.72. The molecule has 88 valence electrons. The summed E-state index contributed by atoms with van der Waals surface area (Å²) in [5.41, 5.74) is 0. The molecule has 0 unspecified atom stereocenters. The molecule has 0 atom stereocenters. The van der Waals surface area contributed by atoms with E-state index in [0.29, 0.717) is 16.4 Å². The Morgan fingerprint density at radius 1 is 1.27 bits per heavy atom. The number of nitrogens with zero attached hydrogens (tertiary/aromatic N) is 2. The van der Waals surface area contributed by atoms with Crippen LogP contribution in [0.15, 0.2) is 0 Å². The molecule has 0 bridgehead atoms. The number of carbonyl (C=O) groups is 2. The second-order valence-corrected chi connectivity index (χ2v) is 3.70. The fourth-order valence-corrected chi connectivity index (χ4v) is 1.10. The Balaban J connectivity index is 3.83. The van der Waals surface area contributed by atoms with Crippen molar-refractivity contribution in [2.45, 2.75) is 0 Å². The normalized spacial score (nSPS) is 9.60. The molecule has 0 spiro atoms. The van der Waals surface area contributed by atoms with E-state index >= 15 is 0 Å². The molecule has 0 aliphatic heterocycles. The van der Waals surface area contributed by atoms with Crippen LogP contribution in [0.2, 0.25) is 0 Å². The van der Waals surface area contributed by atoms with Crippen LogP contribution in [0.3, 0.4) is 0 Å². The van der Waals surface area contributed by atoms with E-state index < -0.39 is 12.3 Å². The van der Waals surface area contributed by atoms with Crippen molar-refractivity contribution in [2.75, 3.05) is 34.4 Å². The number of methoxy groups -OCH3 is 1. The van der Waals surface area contributed by atoms with Crippen molar-refractivity contribution in [3.63, 3.8) is 0 Å². The van der Waals surface area contributed by atoms with E-state index in [4.69, 9.17) is 4.74 Å². The van der Waals surface area contributed by atoms with E-state index in [2.05, 4.69) is 4.74 Å². The molecule has 8 heteroatoms.